The molecule has 2 rings (SSSR count). The van der Waals surface area contributed by atoms with Crippen LogP contribution in [0.3, 0.4) is 0 Å². The maximum absolute atomic E-state index is 11.2. The molecule has 4 heteroatoms. The van der Waals surface area contributed by atoms with Gasteiger partial charge in [-0.05, 0) is 36.9 Å². The molecule has 1 aliphatic rings. The first-order valence-electron chi connectivity index (χ1n) is 5.93. The summed E-state index contributed by atoms with van der Waals surface area (Å²) in [6.45, 7) is 1.52. The summed E-state index contributed by atoms with van der Waals surface area (Å²) in [4.78, 5) is 11.2. The third kappa shape index (κ3) is 3.05. The highest BCUT2D eigenvalue weighted by Crippen LogP contribution is 2.26. The van der Waals surface area contributed by atoms with Gasteiger partial charge in [-0.2, -0.15) is 0 Å². The fraction of sp³-hybridized carbons (Fsp3) is 0.462. The van der Waals surface area contributed by atoms with Crippen LogP contribution in [0, 0.1) is 5.92 Å². The van der Waals surface area contributed by atoms with Crippen LogP contribution in [0.2, 0.25) is 0 Å². The van der Waals surface area contributed by atoms with Crippen molar-refractivity contribution in [1.29, 1.82) is 0 Å². The summed E-state index contributed by atoms with van der Waals surface area (Å²) in [6, 6.07) is 7.36. The molecule has 0 bridgehead atoms. The predicted molar refractivity (Wildman–Crippen MR) is 65.4 cm³/mol. The van der Waals surface area contributed by atoms with Crippen molar-refractivity contribution in [1.82, 2.24) is 5.32 Å². The summed E-state index contributed by atoms with van der Waals surface area (Å²) in [5.41, 5.74) is 6.81. The molecule has 1 saturated carbocycles. The van der Waals surface area contributed by atoms with Crippen molar-refractivity contribution in [2.75, 3.05) is 6.54 Å². The van der Waals surface area contributed by atoms with E-state index < -0.39 is 0 Å². The first-order chi connectivity index (χ1) is 8.16. The number of amides is 1. The molecule has 0 atom stereocenters. The zero-order chi connectivity index (χ0) is 12.3. The minimum atomic E-state index is -0.388. The van der Waals surface area contributed by atoms with Crippen LogP contribution in [0.25, 0.3) is 0 Å². The highest BCUT2D eigenvalue weighted by molar-refractivity contribution is 5.94. The molecule has 4 nitrogen and oxygen atoms in total. The SMILES string of the molecule is NC(=O)c1ccccc1CNCC1CC(O)C1. The number of aliphatic hydroxyl groups is 1. The molecule has 17 heavy (non-hydrogen) atoms. The Balaban J connectivity index is 1.84. The largest absolute Gasteiger partial charge is 0.393 e. The van der Waals surface area contributed by atoms with Crippen LogP contribution in [0.5, 0.6) is 0 Å². The topological polar surface area (TPSA) is 75.4 Å². The van der Waals surface area contributed by atoms with Crippen LogP contribution in [0.1, 0.15) is 28.8 Å². The lowest BCUT2D eigenvalue weighted by Gasteiger charge is -2.31. The van der Waals surface area contributed by atoms with Crippen LogP contribution in [0.4, 0.5) is 0 Å². The highest BCUT2D eigenvalue weighted by Gasteiger charge is 2.26. The third-order valence-corrected chi connectivity index (χ3v) is 3.24. The molecule has 92 valence electrons. The number of hydrogen-bond acceptors (Lipinski definition) is 3. The average Bonchev–Trinajstić information content (AvgIpc) is 2.27. The van der Waals surface area contributed by atoms with Crippen molar-refractivity contribution in [2.24, 2.45) is 11.7 Å². The van der Waals surface area contributed by atoms with Crippen LogP contribution in [-0.4, -0.2) is 23.7 Å². The molecular formula is C13H18N2O2. The number of primary amides is 1. The van der Waals surface area contributed by atoms with Gasteiger partial charge >= 0.3 is 0 Å². The van der Waals surface area contributed by atoms with Crippen molar-refractivity contribution >= 4 is 5.91 Å². The number of carbonyl (C=O) groups excluding carboxylic acids is 1. The highest BCUT2D eigenvalue weighted by atomic mass is 16.3. The van der Waals surface area contributed by atoms with Gasteiger partial charge in [0.1, 0.15) is 0 Å². The molecule has 0 aromatic heterocycles. The van der Waals surface area contributed by atoms with E-state index in [1.165, 1.54) is 0 Å². The van der Waals surface area contributed by atoms with Crippen molar-refractivity contribution in [3.8, 4) is 0 Å². The van der Waals surface area contributed by atoms with E-state index >= 15 is 0 Å². The summed E-state index contributed by atoms with van der Waals surface area (Å²) in [7, 11) is 0. The van der Waals surface area contributed by atoms with Gasteiger partial charge in [0.05, 0.1) is 6.10 Å². The molecule has 0 aliphatic heterocycles. The molecule has 0 unspecified atom stereocenters. The Kier molecular flexibility index (Phi) is 3.76. The second kappa shape index (κ2) is 5.29. The monoisotopic (exact) mass is 234 g/mol. The van der Waals surface area contributed by atoms with Gasteiger partial charge in [0.25, 0.3) is 0 Å². The van der Waals surface area contributed by atoms with Gasteiger partial charge < -0.3 is 16.2 Å². The fourth-order valence-electron chi connectivity index (χ4n) is 2.19. The maximum Gasteiger partial charge on any atom is 0.249 e. The van der Waals surface area contributed by atoms with E-state index in [0.29, 0.717) is 18.0 Å². The number of benzene rings is 1. The summed E-state index contributed by atoms with van der Waals surface area (Å²) >= 11 is 0. The number of rotatable bonds is 5. The van der Waals surface area contributed by atoms with Gasteiger partial charge in [-0.1, -0.05) is 18.2 Å². The van der Waals surface area contributed by atoms with E-state index in [0.717, 1.165) is 24.9 Å². The molecule has 1 aromatic rings. The van der Waals surface area contributed by atoms with Gasteiger partial charge in [-0.25, -0.2) is 0 Å². The summed E-state index contributed by atoms with van der Waals surface area (Å²) in [5.74, 6) is 0.173. The lowest BCUT2D eigenvalue weighted by atomic mass is 9.82. The minimum absolute atomic E-state index is 0.111. The van der Waals surface area contributed by atoms with E-state index in [1.54, 1.807) is 6.07 Å². The summed E-state index contributed by atoms with van der Waals surface area (Å²) in [6.07, 6.45) is 1.65. The molecule has 1 aliphatic carbocycles. The standard InChI is InChI=1S/C13H18N2O2/c14-13(17)12-4-2-1-3-10(12)8-15-7-9-5-11(16)6-9/h1-4,9,11,15-16H,5-8H2,(H2,14,17). The molecule has 1 amide bonds. The van der Waals surface area contributed by atoms with Crippen molar-refractivity contribution in [3.05, 3.63) is 35.4 Å². The normalized spacial score (nSPS) is 23.1. The van der Waals surface area contributed by atoms with Gasteiger partial charge in [0.15, 0.2) is 0 Å². The predicted octanol–water partition coefficient (Wildman–Crippen LogP) is 0.646. The van der Waals surface area contributed by atoms with Crippen LogP contribution >= 0.6 is 0 Å². The van der Waals surface area contributed by atoms with E-state index in [-0.39, 0.29) is 12.0 Å². The lowest BCUT2D eigenvalue weighted by molar-refractivity contribution is 0.0430. The third-order valence-electron chi connectivity index (χ3n) is 3.24. The molecule has 0 spiro atoms. The number of hydrogen-bond donors (Lipinski definition) is 3. The molecule has 0 heterocycles. The average molecular weight is 234 g/mol. The zero-order valence-electron chi connectivity index (χ0n) is 9.73. The fourth-order valence-corrected chi connectivity index (χ4v) is 2.19. The Labute approximate surface area is 101 Å². The second-order valence-electron chi connectivity index (χ2n) is 4.64. The number of aliphatic hydroxyl groups excluding tert-OH is 1. The molecule has 1 aromatic carbocycles. The minimum Gasteiger partial charge on any atom is -0.393 e. The summed E-state index contributed by atoms with van der Waals surface area (Å²) < 4.78 is 0. The Morgan fingerprint density at radius 3 is 2.76 bits per heavy atom. The first kappa shape index (κ1) is 12.1. The van der Waals surface area contributed by atoms with Crippen molar-refractivity contribution in [2.45, 2.75) is 25.5 Å². The Morgan fingerprint density at radius 2 is 2.12 bits per heavy atom. The Bertz CT molecular complexity index is 400. The number of nitrogens with two attached hydrogens (primary N) is 1. The maximum atomic E-state index is 11.2. The Hall–Kier alpha value is -1.39. The number of carbonyl (C=O) groups is 1. The number of nitrogens with one attached hydrogen (secondary N) is 1. The van der Waals surface area contributed by atoms with Crippen molar-refractivity contribution < 1.29 is 9.90 Å². The van der Waals surface area contributed by atoms with Crippen LogP contribution < -0.4 is 11.1 Å². The molecule has 1 fully saturated rings. The van der Waals surface area contributed by atoms with E-state index in [4.69, 9.17) is 10.8 Å². The smallest absolute Gasteiger partial charge is 0.249 e. The first-order valence-corrected chi connectivity index (χ1v) is 5.93. The molecule has 0 saturated heterocycles. The van der Waals surface area contributed by atoms with E-state index in [1.807, 2.05) is 18.2 Å². The Morgan fingerprint density at radius 1 is 1.41 bits per heavy atom. The molecule has 0 radical (unpaired) electrons. The quantitative estimate of drug-likeness (QED) is 0.700. The van der Waals surface area contributed by atoms with Crippen LogP contribution in [0.15, 0.2) is 24.3 Å². The molecular weight excluding hydrogens is 216 g/mol. The zero-order valence-corrected chi connectivity index (χ0v) is 9.73. The van der Waals surface area contributed by atoms with Gasteiger partial charge in [-0.3, -0.25) is 4.79 Å². The summed E-state index contributed by atoms with van der Waals surface area (Å²) in [5, 5.41) is 12.5. The van der Waals surface area contributed by atoms with E-state index in [9.17, 15) is 4.79 Å². The van der Waals surface area contributed by atoms with Gasteiger partial charge in [0, 0.05) is 12.1 Å². The second-order valence-corrected chi connectivity index (χ2v) is 4.64. The van der Waals surface area contributed by atoms with Crippen LogP contribution in [-0.2, 0) is 6.54 Å². The van der Waals surface area contributed by atoms with Crippen molar-refractivity contribution in [3.63, 3.8) is 0 Å². The lowest BCUT2D eigenvalue weighted by Crippen LogP contribution is -2.36. The molecule has 4 N–H and O–H groups in total. The van der Waals surface area contributed by atoms with E-state index in [2.05, 4.69) is 5.32 Å². The van der Waals surface area contributed by atoms with Gasteiger partial charge in [0.2, 0.25) is 5.91 Å². The van der Waals surface area contributed by atoms with Gasteiger partial charge in [-0.15, -0.1) is 0 Å².